The van der Waals surface area contributed by atoms with Crippen LogP contribution in [0.1, 0.15) is 58.2 Å². The molecule has 122 valence electrons. The van der Waals surface area contributed by atoms with Gasteiger partial charge in [-0.3, -0.25) is 9.59 Å². The highest BCUT2D eigenvalue weighted by atomic mass is 16.4. The Kier molecular flexibility index (Phi) is 5.06. The number of carbonyl (C=O) groups is 2. The molecule has 1 aromatic carbocycles. The molecule has 4 heteroatoms. The molecule has 0 fully saturated rings. The van der Waals surface area contributed by atoms with E-state index in [1.165, 1.54) is 0 Å². The Morgan fingerprint density at radius 2 is 1.50 bits per heavy atom. The normalized spacial score (nSPS) is 12.5. The van der Waals surface area contributed by atoms with E-state index in [1.54, 1.807) is 33.8 Å². The van der Waals surface area contributed by atoms with Crippen molar-refractivity contribution < 1.29 is 19.8 Å². The van der Waals surface area contributed by atoms with Crippen LogP contribution in [0.4, 0.5) is 0 Å². The number of rotatable bonds is 6. The number of carboxylic acids is 2. The summed E-state index contributed by atoms with van der Waals surface area (Å²) in [5, 5.41) is 19.2. The first kappa shape index (κ1) is 18.2. The second-order valence-corrected chi connectivity index (χ2v) is 7.30. The fourth-order valence-electron chi connectivity index (χ4n) is 2.69. The highest BCUT2D eigenvalue weighted by Crippen LogP contribution is 2.38. The minimum atomic E-state index is -1.15. The van der Waals surface area contributed by atoms with Crippen LogP contribution in [-0.4, -0.2) is 22.2 Å². The molecule has 0 bridgehead atoms. The average molecular weight is 306 g/mol. The van der Waals surface area contributed by atoms with E-state index in [1.807, 2.05) is 12.1 Å². The van der Waals surface area contributed by atoms with E-state index in [9.17, 15) is 19.8 Å². The monoisotopic (exact) mass is 306 g/mol. The third-order valence-electron chi connectivity index (χ3n) is 4.15. The average Bonchev–Trinajstić information content (AvgIpc) is 2.36. The molecule has 1 rings (SSSR count). The largest absolute Gasteiger partial charge is 0.481 e. The van der Waals surface area contributed by atoms with Crippen LogP contribution < -0.4 is 0 Å². The molecule has 0 aromatic heterocycles. The van der Waals surface area contributed by atoms with Gasteiger partial charge in [-0.1, -0.05) is 32.0 Å². The molecule has 0 heterocycles. The number of carboxylic acid groups (broad SMARTS) is 2. The Morgan fingerprint density at radius 1 is 1.00 bits per heavy atom. The lowest BCUT2D eigenvalue weighted by Crippen LogP contribution is -2.37. The molecular weight excluding hydrogens is 280 g/mol. The van der Waals surface area contributed by atoms with Gasteiger partial charge in [0.05, 0.1) is 10.8 Å². The van der Waals surface area contributed by atoms with Gasteiger partial charge in [0.25, 0.3) is 0 Å². The molecule has 4 nitrogen and oxygen atoms in total. The number of benzene rings is 1. The molecule has 0 saturated heterocycles. The van der Waals surface area contributed by atoms with Crippen molar-refractivity contribution in [2.75, 3.05) is 0 Å². The highest BCUT2D eigenvalue weighted by molar-refractivity contribution is 5.85. The fourth-order valence-corrected chi connectivity index (χ4v) is 2.69. The summed E-state index contributed by atoms with van der Waals surface area (Å²) in [6.07, 6.45) is 0.718. The van der Waals surface area contributed by atoms with Crippen LogP contribution in [0.2, 0.25) is 0 Å². The van der Waals surface area contributed by atoms with Crippen molar-refractivity contribution in [1.29, 1.82) is 0 Å². The summed E-state index contributed by atoms with van der Waals surface area (Å²) in [5.41, 5.74) is -0.175. The Morgan fingerprint density at radius 3 is 1.91 bits per heavy atom. The first-order chi connectivity index (χ1) is 9.92. The van der Waals surface area contributed by atoms with Crippen molar-refractivity contribution in [2.24, 2.45) is 5.92 Å². The minimum Gasteiger partial charge on any atom is -0.481 e. The van der Waals surface area contributed by atoms with Gasteiger partial charge in [0.15, 0.2) is 0 Å². The molecule has 0 unspecified atom stereocenters. The second-order valence-electron chi connectivity index (χ2n) is 7.30. The second kappa shape index (κ2) is 6.11. The van der Waals surface area contributed by atoms with E-state index in [4.69, 9.17) is 0 Å². The minimum absolute atomic E-state index is 0.353. The highest BCUT2D eigenvalue weighted by Gasteiger charge is 2.40. The Labute approximate surface area is 132 Å². The van der Waals surface area contributed by atoms with Gasteiger partial charge < -0.3 is 10.2 Å². The smallest absolute Gasteiger partial charge is 0.313 e. The summed E-state index contributed by atoms with van der Waals surface area (Å²) in [6.45, 7) is 10.6. The first-order valence-corrected chi connectivity index (χ1v) is 7.52. The van der Waals surface area contributed by atoms with E-state index >= 15 is 0 Å². The molecule has 0 spiro atoms. The maximum atomic E-state index is 11.8. The molecule has 0 aliphatic heterocycles. The van der Waals surface area contributed by atoms with Crippen LogP contribution in [0.3, 0.4) is 0 Å². The predicted octanol–water partition coefficient (Wildman–Crippen LogP) is 3.61. The summed E-state index contributed by atoms with van der Waals surface area (Å²) in [6, 6.07) is 5.46. The zero-order valence-electron chi connectivity index (χ0n) is 14.2. The molecule has 2 N–H and O–H groups in total. The van der Waals surface area contributed by atoms with E-state index < -0.39 is 22.8 Å². The van der Waals surface area contributed by atoms with E-state index in [0.29, 0.717) is 17.0 Å². The molecule has 0 aliphatic carbocycles. The molecule has 0 atom stereocenters. The lowest BCUT2D eigenvalue weighted by Gasteiger charge is -2.32. The van der Waals surface area contributed by atoms with Gasteiger partial charge in [0.2, 0.25) is 0 Å². The van der Waals surface area contributed by atoms with E-state index in [-0.39, 0.29) is 0 Å². The van der Waals surface area contributed by atoms with E-state index in [0.717, 1.165) is 12.0 Å². The van der Waals surface area contributed by atoms with Gasteiger partial charge >= 0.3 is 11.9 Å². The molecule has 22 heavy (non-hydrogen) atoms. The summed E-state index contributed by atoms with van der Waals surface area (Å²) in [5.74, 6) is -1.56. The summed E-state index contributed by atoms with van der Waals surface area (Å²) in [4.78, 5) is 23.4. The molecule has 0 saturated carbocycles. The molecule has 0 aliphatic rings. The molecule has 0 amide bonds. The number of hydrogen-bond acceptors (Lipinski definition) is 2. The van der Waals surface area contributed by atoms with Gasteiger partial charge in [-0.15, -0.1) is 0 Å². The molecule has 0 radical (unpaired) electrons. The maximum Gasteiger partial charge on any atom is 0.313 e. The zero-order valence-corrected chi connectivity index (χ0v) is 14.2. The van der Waals surface area contributed by atoms with Crippen LogP contribution in [0.5, 0.6) is 0 Å². The van der Waals surface area contributed by atoms with Crippen molar-refractivity contribution in [3.05, 3.63) is 34.9 Å². The zero-order chi connectivity index (χ0) is 17.3. The van der Waals surface area contributed by atoms with Crippen molar-refractivity contribution in [1.82, 2.24) is 0 Å². The van der Waals surface area contributed by atoms with Crippen LogP contribution in [-0.2, 0) is 26.8 Å². The summed E-state index contributed by atoms with van der Waals surface area (Å²) >= 11 is 0. The topological polar surface area (TPSA) is 74.6 Å². The quantitative estimate of drug-likeness (QED) is 0.842. The number of aliphatic carboxylic acids is 2. The third-order valence-corrected chi connectivity index (χ3v) is 4.15. The van der Waals surface area contributed by atoms with Gasteiger partial charge in [-0.05, 0) is 56.7 Å². The maximum absolute atomic E-state index is 11.8. The first-order valence-electron chi connectivity index (χ1n) is 7.52. The van der Waals surface area contributed by atoms with Crippen LogP contribution in [0.15, 0.2) is 18.2 Å². The number of hydrogen-bond donors (Lipinski definition) is 2. The third kappa shape index (κ3) is 3.32. The van der Waals surface area contributed by atoms with Gasteiger partial charge in [-0.2, -0.15) is 0 Å². The van der Waals surface area contributed by atoms with Gasteiger partial charge in [0, 0.05) is 0 Å². The fraction of sp³-hybridized carbons (Fsp3) is 0.556. The van der Waals surface area contributed by atoms with Crippen LogP contribution in [0, 0.1) is 5.92 Å². The molecule has 1 aromatic rings. The lowest BCUT2D eigenvalue weighted by atomic mass is 9.70. The Balaban J connectivity index is 3.72. The van der Waals surface area contributed by atoms with Gasteiger partial charge in [-0.25, -0.2) is 0 Å². The van der Waals surface area contributed by atoms with Crippen molar-refractivity contribution in [3.63, 3.8) is 0 Å². The molecular formula is C18H26O4. The van der Waals surface area contributed by atoms with Crippen molar-refractivity contribution >= 4 is 11.9 Å². The Hall–Kier alpha value is -1.84. The van der Waals surface area contributed by atoms with Crippen LogP contribution >= 0.6 is 0 Å². The van der Waals surface area contributed by atoms with Crippen LogP contribution in [0.25, 0.3) is 0 Å². The summed E-state index contributed by atoms with van der Waals surface area (Å²) < 4.78 is 0. The SMILES string of the molecule is CC(C)Cc1cccc(C(C)(C)C(=O)O)c1C(C)(C)C(=O)O. The lowest BCUT2D eigenvalue weighted by molar-refractivity contribution is -0.144. The van der Waals surface area contributed by atoms with Crippen molar-refractivity contribution in [2.45, 2.75) is 58.8 Å². The standard InChI is InChI=1S/C18H26O4/c1-11(2)10-12-8-7-9-13(17(3,4)15(19)20)14(12)18(5,6)16(21)22/h7-9,11H,10H2,1-6H3,(H,19,20)(H,21,22). The van der Waals surface area contributed by atoms with Crippen molar-refractivity contribution in [3.8, 4) is 0 Å². The predicted molar refractivity (Wildman–Crippen MR) is 86.3 cm³/mol. The summed E-state index contributed by atoms with van der Waals surface area (Å²) in [7, 11) is 0. The Bertz CT molecular complexity index is 583. The van der Waals surface area contributed by atoms with Gasteiger partial charge in [0.1, 0.15) is 0 Å². The van der Waals surface area contributed by atoms with E-state index in [2.05, 4.69) is 13.8 Å².